The first-order valence-corrected chi connectivity index (χ1v) is 5.27. The number of aromatic nitrogens is 1. The fourth-order valence-electron chi connectivity index (χ4n) is 1.54. The summed E-state index contributed by atoms with van der Waals surface area (Å²) in [5.41, 5.74) is 6.74. The van der Waals surface area contributed by atoms with E-state index >= 15 is 0 Å². The summed E-state index contributed by atoms with van der Waals surface area (Å²) in [5, 5.41) is -0.0516. The van der Waals surface area contributed by atoms with Crippen LogP contribution in [0.15, 0.2) is 36.7 Å². The van der Waals surface area contributed by atoms with E-state index in [1.165, 1.54) is 24.4 Å². The van der Waals surface area contributed by atoms with Gasteiger partial charge in [-0.2, -0.15) is 0 Å². The molecule has 5 heteroatoms. The van der Waals surface area contributed by atoms with E-state index in [1.54, 1.807) is 6.07 Å². The van der Waals surface area contributed by atoms with Crippen molar-refractivity contribution in [3.05, 3.63) is 64.4 Å². The second-order valence-electron chi connectivity index (χ2n) is 3.56. The zero-order valence-corrected chi connectivity index (χ0v) is 9.46. The molecule has 0 spiro atoms. The Morgan fingerprint density at radius 3 is 2.71 bits per heavy atom. The molecule has 17 heavy (non-hydrogen) atoms. The van der Waals surface area contributed by atoms with Crippen molar-refractivity contribution in [3.63, 3.8) is 0 Å². The number of hydrogen-bond donors (Lipinski definition) is 1. The third-order valence-electron chi connectivity index (χ3n) is 2.40. The van der Waals surface area contributed by atoms with Crippen molar-refractivity contribution in [2.24, 2.45) is 5.73 Å². The third kappa shape index (κ3) is 2.43. The highest BCUT2D eigenvalue weighted by molar-refractivity contribution is 6.31. The van der Waals surface area contributed by atoms with Gasteiger partial charge in [-0.3, -0.25) is 4.98 Å². The fourth-order valence-corrected chi connectivity index (χ4v) is 1.78. The molecule has 2 rings (SSSR count). The lowest BCUT2D eigenvalue weighted by Gasteiger charge is -2.14. The summed E-state index contributed by atoms with van der Waals surface area (Å²) < 4.78 is 26.3. The highest BCUT2D eigenvalue weighted by atomic mass is 35.5. The summed E-state index contributed by atoms with van der Waals surface area (Å²) in [6, 6.07) is 4.88. The molecular formula is C12H9ClF2N2. The summed E-state index contributed by atoms with van der Waals surface area (Å²) >= 11 is 5.81. The molecule has 1 heterocycles. The van der Waals surface area contributed by atoms with Crippen LogP contribution in [0.2, 0.25) is 5.02 Å². The summed E-state index contributed by atoms with van der Waals surface area (Å²) in [6.45, 7) is 0. The lowest BCUT2D eigenvalue weighted by molar-refractivity contribution is 0.614. The van der Waals surface area contributed by atoms with Crippen molar-refractivity contribution < 1.29 is 8.78 Å². The summed E-state index contributed by atoms with van der Waals surface area (Å²) in [6.07, 6.45) is 2.50. The van der Waals surface area contributed by atoms with Crippen LogP contribution in [0.1, 0.15) is 17.2 Å². The van der Waals surface area contributed by atoms with Gasteiger partial charge >= 0.3 is 0 Å². The molecule has 0 aliphatic carbocycles. The molecule has 0 amide bonds. The molecule has 1 unspecified atom stereocenters. The van der Waals surface area contributed by atoms with Gasteiger partial charge in [0.05, 0.1) is 17.3 Å². The van der Waals surface area contributed by atoms with Crippen LogP contribution >= 0.6 is 11.6 Å². The number of halogens is 3. The molecule has 88 valence electrons. The van der Waals surface area contributed by atoms with Crippen molar-refractivity contribution >= 4 is 11.6 Å². The molecule has 2 nitrogen and oxygen atoms in total. The molecular weight excluding hydrogens is 246 g/mol. The van der Waals surface area contributed by atoms with Crippen LogP contribution in [-0.4, -0.2) is 4.98 Å². The van der Waals surface area contributed by atoms with E-state index in [9.17, 15) is 8.78 Å². The van der Waals surface area contributed by atoms with Crippen LogP contribution in [0, 0.1) is 11.6 Å². The molecule has 1 aromatic heterocycles. The topological polar surface area (TPSA) is 38.9 Å². The van der Waals surface area contributed by atoms with Gasteiger partial charge in [-0.15, -0.1) is 0 Å². The Morgan fingerprint density at radius 2 is 2.00 bits per heavy atom. The SMILES string of the molecule is NC(c1cncc(F)c1)c1cccc(F)c1Cl. The van der Waals surface area contributed by atoms with E-state index in [2.05, 4.69) is 4.98 Å². The highest BCUT2D eigenvalue weighted by Crippen LogP contribution is 2.28. The molecule has 0 aliphatic heterocycles. The predicted octanol–water partition coefficient (Wildman–Crippen LogP) is 3.06. The predicted molar refractivity (Wildman–Crippen MR) is 61.6 cm³/mol. The van der Waals surface area contributed by atoms with Gasteiger partial charge in [0, 0.05) is 6.20 Å². The van der Waals surface area contributed by atoms with Gasteiger partial charge in [-0.05, 0) is 23.3 Å². The Morgan fingerprint density at radius 1 is 1.24 bits per heavy atom. The molecule has 0 saturated carbocycles. The standard InChI is InChI=1S/C12H9ClF2N2/c13-11-9(2-1-3-10(11)15)12(16)7-4-8(14)6-17-5-7/h1-6,12H,16H2. The number of pyridine rings is 1. The normalized spacial score (nSPS) is 12.5. The van der Waals surface area contributed by atoms with E-state index < -0.39 is 17.7 Å². The maximum absolute atomic E-state index is 13.3. The van der Waals surface area contributed by atoms with Crippen LogP contribution in [0.4, 0.5) is 8.78 Å². The number of hydrogen-bond acceptors (Lipinski definition) is 2. The van der Waals surface area contributed by atoms with E-state index in [1.807, 2.05) is 0 Å². The molecule has 0 fully saturated rings. The molecule has 2 aromatic rings. The van der Waals surface area contributed by atoms with Gasteiger partial charge in [0.2, 0.25) is 0 Å². The van der Waals surface area contributed by atoms with Gasteiger partial charge in [0.15, 0.2) is 0 Å². The number of rotatable bonds is 2. The fraction of sp³-hybridized carbons (Fsp3) is 0.0833. The smallest absolute Gasteiger partial charge is 0.142 e. The van der Waals surface area contributed by atoms with Crippen LogP contribution < -0.4 is 5.73 Å². The monoisotopic (exact) mass is 254 g/mol. The average molecular weight is 255 g/mol. The van der Waals surface area contributed by atoms with Gasteiger partial charge < -0.3 is 5.73 Å². The Labute approximate surface area is 102 Å². The van der Waals surface area contributed by atoms with Crippen molar-refractivity contribution in [1.82, 2.24) is 4.98 Å². The quantitative estimate of drug-likeness (QED) is 0.895. The summed E-state index contributed by atoms with van der Waals surface area (Å²) in [4.78, 5) is 3.69. The minimum absolute atomic E-state index is 0.0516. The second kappa shape index (κ2) is 4.77. The van der Waals surface area contributed by atoms with Gasteiger partial charge in [-0.25, -0.2) is 8.78 Å². The number of nitrogens with zero attached hydrogens (tertiary/aromatic N) is 1. The lowest BCUT2D eigenvalue weighted by atomic mass is 10.0. The van der Waals surface area contributed by atoms with Crippen molar-refractivity contribution in [3.8, 4) is 0 Å². The van der Waals surface area contributed by atoms with Crippen LogP contribution in [0.3, 0.4) is 0 Å². The third-order valence-corrected chi connectivity index (χ3v) is 2.80. The average Bonchev–Trinajstić information content (AvgIpc) is 2.32. The second-order valence-corrected chi connectivity index (χ2v) is 3.94. The van der Waals surface area contributed by atoms with E-state index in [0.29, 0.717) is 11.1 Å². The molecule has 1 aromatic carbocycles. The molecule has 0 saturated heterocycles. The molecule has 1 atom stereocenters. The lowest BCUT2D eigenvalue weighted by Crippen LogP contribution is -2.13. The van der Waals surface area contributed by atoms with E-state index in [0.717, 1.165) is 6.20 Å². The van der Waals surface area contributed by atoms with Crippen molar-refractivity contribution in [2.45, 2.75) is 6.04 Å². The van der Waals surface area contributed by atoms with Gasteiger partial charge in [0.1, 0.15) is 11.6 Å². The zero-order chi connectivity index (χ0) is 12.4. The Bertz CT molecular complexity index is 546. The Hall–Kier alpha value is -1.52. The maximum Gasteiger partial charge on any atom is 0.142 e. The first-order chi connectivity index (χ1) is 8.09. The van der Waals surface area contributed by atoms with E-state index in [-0.39, 0.29) is 5.02 Å². The largest absolute Gasteiger partial charge is 0.320 e. The van der Waals surface area contributed by atoms with Gasteiger partial charge in [0.25, 0.3) is 0 Å². The Balaban J connectivity index is 2.44. The van der Waals surface area contributed by atoms with Gasteiger partial charge in [-0.1, -0.05) is 23.7 Å². The highest BCUT2D eigenvalue weighted by Gasteiger charge is 2.15. The first-order valence-electron chi connectivity index (χ1n) is 4.89. The van der Waals surface area contributed by atoms with E-state index in [4.69, 9.17) is 17.3 Å². The van der Waals surface area contributed by atoms with Crippen molar-refractivity contribution in [2.75, 3.05) is 0 Å². The molecule has 0 bridgehead atoms. The van der Waals surface area contributed by atoms with Crippen LogP contribution in [-0.2, 0) is 0 Å². The van der Waals surface area contributed by atoms with Crippen LogP contribution in [0.5, 0.6) is 0 Å². The molecule has 0 radical (unpaired) electrons. The van der Waals surface area contributed by atoms with Crippen molar-refractivity contribution in [1.29, 1.82) is 0 Å². The Kier molecular flexibility index (Phi) is 3.36. The summed E-state index contributed by atoms with van der Waals surface area (Å²) in [5.74, 6) is -1.05. The minimum atomic E-state index is -0.707. The number of nitrogens with two attached hydrogens (primary N) is 1. The minimum Gasteiger partial charge on any atom is -0.320 e. The molecule has 0 aliphatic rings. The summed E-state index contributed by atoms with van der Waals surface area (Å²) in [7, 11) is 0. The maximum atomic E-state index is 13.3. The number of benzene rings is 1. The van der Waals surface area contributed by atoms with Crippen LogP contribution in [0.25, 0.3) is 0 Å². The zero-order valence-electron chi connectivity index (χ0n) is 8.70. The first kappa shape index (κ1) is 12.0. The molecule has 2 N–H and O–H groups in total.